The van der Waals surface area contributed by atoms with Crippen LogP contribution in [0.1, 0.15) is 5.56 Å². The lowest BCUT2D eigenvalue weighted by Crippen LogP contribution is -2.27. The van der Waals surface area contributed by atoms with Crippen LogP contribution >= 0.6 is 0 Å². The van der Waals surface area contributed by atoms with E-state index < -0.39 is 17.7 Å². The van der Waals surface area contributed by atoms with Crippen molar-refractivity contribution in [3.8, 4) is 0 Å². The minimum Gasteiger partial charge on any atom is -0.395 e. The monoisotopic (exact) mass is 187 g/mol. The number of hydrogen-bond donors (Lipinski definition) is 2. The van der Waals surface area contributed by atoms with Gasteiger partial charge in [0.15, 0.2) is 11.6 Å². The largest absolute Gasteiger partial charge is 0.395 e. The average molecular weight is 187 g/mol. The third-order valence-corrected chi connectivity index (χ3v) is 1.75. The van der Waals surface area contributed by atoms with E-state index in [0.717, 1.165) is 6.07 Å². The van der Waals surface area contributed by atoms with Gasteiger partial charge in [-0.25, -0.2) is 8.78 Å². The van der Waals surface area contributed by atoms with E-state index in [0.29, 0.717) is 0 Å². The van der Waals surface area contributed by atoms with Crippen LogP contribution < -0.4 is 5.73 Å². The lowest BCUT2D eigenvalue weighted by atomic mass is 10.1. The molecule has 4 heteroatoms. The molecule has 0 bridgehead atoms. The molecule has 1 atom stereocenters. The molecule has 2 nitrogen and oxygen atoms in total. The molecule has 0 aliphatic heterocycles. The normalized spacial score (nSPS) is 12.9. The van der Waals surface area contributed by atoms with Gasteiger partial charge in [-0.15, -0.1) is 0 Å². The van der Waals surface area contributed by atoms with E-state index in [1.165, 1.54) is 12.1 Å². The maximum atomic E-state index is 13.0. The topological polar surface area (TPSA) is 46.2 Å². The third kappa shape index (κ3) is 2.47. The van der Waals surface area contributed by atoms with Crippen LogP contribution in [0.4, 0.5) is 8.78 Å². The Morgan fingerprint density at radius 1 is 1.38 bits per heavy atom. The molecule has 0 fully saturated rings. The van der Waals surface area contributed by atoms with E-state index in [2.05, 4.69) is 0 Å². The van der Waals surface area contributed by atoms with Gasteiger partial charge in [-0.1, -0.05) is 12.1 Å². The van der Waals surface area contributed by atoms with Gasteiger partial charge >= 0.3 is 0 Å². The Labute approximate surface area is 75.0 Å². The molecule has 1 aromatic carbocycles. The van der Waals surface area contributed by atoms with Gasteiger partial charge < -0.3 is 10.8 Å². The maximum absolute atomic E-state index is 13.0. The molecule has 0 radical (unpaired) electrons. The molecule has 0 aliphatic carbocycles. The van der Waals surface area contributed by atoms with Crippen molar-refractivity contribution >= 4 is 0 Å². The van der Waals surface area contributed by atoms with Crippen LogP contribution in [0.25, 0.3) is 0 Å². The van der Waals surface area contributed by atoms with E-state index in [-0.39, 0.29) is 18.6 Å². The van der Waals surface area contributed by atoms with Crippen molar-refractivity contribution in [3.05, 3.63) is 35.4 Å². The number of rotatable bonds is 3. The first-order valence-electron chi connectivity index (χ1n) is 3.94. The van der Waals surface area contributed by atoms with Crippen molar-refractivity contribution in [3.63, 3.8) is 0 Å². The molecule has 0 saturated heterocycles. The van der Waals surface area contributed by atoms with Gasteiger partial charge in [0.1, 0.15) is 0 Å². The summed E-state index contributed by atoms with van der Waals surface area (Å²) in [6.07, 6.45) is 0.139. The minimum atomic E-state index is -0.886. The first kappa shape index (κ1) is 10.1. The Kier molecular flexibility index (Phi) is 3.33. The van der Waals surface area contributed by atoms with Gasteiger partial charge in [0.25, 0.3) is 0 Å². The van der Waals surface area contributed by atoms with Crippen molar-refractivity contribution in [2.24, 2.45) is 5.73 Å². The van der Waals surface area contributed by atoms with Gasteiger partial charge in [-0.2, -0.15) is 0 Å². The quantitative estimate of drug-likeness (QED) is 0.736. The van der Waals surface area contributed by atoms with Gasteiger partial charge in [0, 0.05) is 6.04 Å². The lowest BCUT2D eigenvalue weighted by molar-refractivity contribution is 0.264. The lowest BCUT2D eigenvalue weighted by Gasteiger charge is -2.08. The summed E-state index contributed by atoms with van der Waals surface area (Å²) in [6.45, 7) is -0.240. The summed E-state index contributed by atoms with van der Waals surface area (Å²) in [6, 6.07) is 3.37. The standard InChI is InChI=1S/C9H11F2NO/c10-8-3-1-2-6(9(8)11)4-7(12)5-13/h1-3,7,13H,4-5,12H2/t7-/m0/s1. The molecule has 0 unspecified atom stereocenters. The van der Waals surface area contributed by atoms with E-state index in [4.69, 9.17) is 10.8 Å². The highest BCUT2D eigenvalue weighted by molar-refractivity contribution is 5.19. The number of aliphatic hydroxyl groups excluding tert-OH is 1. The fourth-order valence-electron chi connectivity index (χ4n) is 1.05. The van der Waals surface area contributed by atoms with Crippen molar-refractivity contribution in [1.29, 1.82) is 0 Å². The fourth-order valence-corrected chi connectivity index (χ4v) is 1.05. The zero-order valence-electron chi connectivity index (χ0n) is 7.00. The SMILES string of the molecule is N[C@H](CO)Cc1cccc(F)c1F. The van der Waals surface area contributed by atoms with Crippen molar-refractivity contribution in [2.45, 2.75) is 12.5 Å². The van der Waals surface area contributed by atoms with Crippen LogP contribution in [0.15, 0.2) is 18.2 Å². The number of nitrogens with two attached hydrogens (primary N) is 1. The van der Waals surface area contributed by atoms with E-state index in [1.54, 1.807) is 0 Å². The van der Waals surface area contributed by atoms with Crippen molar-refractivity contribution < 1.29 is 13.9 Å². The average Bonchev–Trinajstić information content (AvgIpc) is 2.13. The zero-order chi connectivity index (χ0) is 9.84. The zero-order valence-corrected chi connectivity index (χ0v) is 7.00. The van der Waals surface area contributed by atoms with Crippen molar-refractivity contribution in [2.75, 3.05) is 6.61 Å². The highest BCUT2D eigenvalue weighted by atomic mass is 19.2. The van der Waals surface area contributed by atoms with Gasteiger partial charge in [0.2, 0.25) is 0 Å². The Morgan fingerprint density at radius 2 is 2.08 bits per heavy atom. The second-order valence-electron chi connectivity index (χ2n) is 2.86. The first-order chi connectivity index (χ1) is 6.15. The van der Waals surface area contributed by atoms with Crippen LogP contribution in [0.2, 0.25) is 0 Å². The fraction of sp³-hybridized carbons (Fsp3) is 0.333. The summed E-state index contributed by atoms with van der Waals surface area (Å²) < 4.78 is 25.6. The van der Waals surface area contributed by atoms with E-state index in [9.17, 15) is 8.78 Å². The number of hydrogen-bond acceptors (Lipinski definition) is 2. The van der Waals surface area contributed by atoms with Crippen LogP contribution in [0.5, 0.6) is 0 Å². The maximum Gasteiger partial charge on any atom is 0.162 e. The molecule has 0 amide bonds. The highest BCUT2D eigenvalue weighted by Crippen LogP contribution is 2.12. The van der Waals surface area contributed by atoms with Gasteiger partial charge in [-0.3, -0.25) is 0 Å². The number of halogens is 2. The van der Waals surface area contributed by atoms with Crippen LogP contribution in [-0.4, -0.2) is 17.8 Å². The second kappa shape index (κ2) is 4.30. The Morgan fingerprint density at radius 3 is 2.69 bits per heavy atom. The molecule has 0 spiro atoms. The molecule has 0 heterocycles. The molecule has 72 valence electrons. The molecule has 13 heavy (non-hydrogen) atoms. The van der Waals surface area contributed by atoms with Crippen LogP contribution in [-0.2, 0) is 6.42 Å². The first-order valence-corrected chi connectivity index (χ1v) is 3.94. The van der Waals surface area contributed by atoms with Crippen LogP contribution in [0.3, 0.4) is 0 Å². The Balaban J connectivity index is 2.83. The number of aliphatic hydroxyl groups is 1. The smallest absolute Gasteiger partial charge is 0.162 e. The van der Waals surface area contributed by atoms with E-state index in [1.807, 2.05) is 0 Å². The minimum absolute atomic E-state index is 0.139. The van der Waals surface area contributed by atoms with Gasteiger partial charge in [0.05, 0.1) is 6.61 Å². The predicted molar refractivity (Wildman–Crippen MR) is 45.1 cm³/mol. The second-order valence-corrected chi connectivity index (χ2v) is 2.86. The summed E-state index contributed by atoms with van der Waals surface area (Å²) in [5.41, 5.74) is 5.58. The number of benzene rings is 1. The van der Waals surface area contributed by atoms with Gasteiger partial charge in [-0.05, 0) is 18.1 Å². The van der Waals surface area contributed by atoms with Crippen LogP contribution in [0, 0.1) is 11.6 Å². The predicted octanol–water partition coefficient (Wildman–Crippen LogP) is 0.827. The van der Waals surface area contributed by atoms with Crippen molar-refractivity contribution in [1.82, 2.24) is 0 Å². The molecule has 0 aromatic heterocycles. The summed E-state index contributed by atoms with van der Waals surface area (Å²) in [7, 11) is 0. The molecular formula is C9H11F2NO. The Bertz CT molecular complexity index is 291. The third-order valence-electron chi connectivity index (χ3n) is 1.75. The summed E-state index contributed by atoms with van der Waals surface area (Å²) in [4.78, 5) is 0. The van der Waals surface area contributed by atoms with E-state index >= 15 is 0 Å². The Hall–Kier alpha value is -1.00. The summed E-state index contributed by atoms with van der Waals surface area (Å²) >= 11 is 0. The molecular weight excluding hydrogens is 176 g/mol. The molecule has 1 aromatic rings. The molecule has 0 saturated carbocycles. The molecule has 1 rings (SSSR count). The highest BCUT2D eigenvalue weighted by Gasteiger charge is 2.10. The summed E-state index contributed by atoms with van der Waals surface area (Å²) in [5, 5.41) is 8.62. The molecule has 0 aliphatic rings. The summed E-state index contributed by atoms with van der Waals surface area (Å²) in [5.74, 6) is -1.77. The molecule has 3 N–H and O–H groups in total.